The minimum Gasteiger partial charge on any atom is -0.467 e. The van der Waals surface area contributed by atoms with Crippen LogP contribution >= 0.6 is 11.8 Å². The first-order valence-corrected chi connectivity index (χ1v) is 8.38. The van der Waals surface area contributed by atoms with E-state index in [1.165, 1.54) is 25.0 Å². The fourth-order valence-corrected chi connectivity index (χ4v) is 3.02. The lowest BCUT2D eigenvalue weighted by molar-refractivity contribution is 0.102. The van der Waals surface area contributed by atoms with Crippen molar-refractivity contribution in [2.24, 2.45) is 14.1 Å². The zero-order chi connectivity index (χ0) is 18.8. The van der Waals surface area contributed by atoms with Crippen molar-refractivity contribution < 1.29 is 9.21 Å². The lowest BCUT2D eigenvalue weighted by atomic mass is 10.2. The second-order valence-electron chi connectivity index (χ2n) is 5.38. The summed E-state index contributed by atoms with van der Waals surface area (Å²) in [6, 6.07) is 3.52. The molecule has 0 unspecified atom stereocenters. The average molecular weight is 377 g/mol. The number of Topliss-reactive ketones (excluding diaryl/α,β-unsaturated/α-hetero) is 1. The summed E-state index contributed by atoms with van der Waals surface area (Å²) in [6.45, 7) is 0.306. The van der Waals surface area contributed by atoms with Gasteiger partial charge in [0.25, 0.3) is 5.56 Å². The van der Waals surface area contributed by atoms with Gasteiger partial charge in [0.15, 0.2) is 5.78 Å². The smallest absolute Gasteiger partial charge is 0.332 e. The lowest BCUT2D eigenvalue weighted by Crippen LogP contribution is -2.41. The largest absolute Gasteiger partial charge is 0.467 e. The Morgan fingerprint density at radius 2 is 2.08 bits per heavy atom. The predicted octanol–water partition coefficient (Wildman–Crippen LogP) is -0.731. The Balaban J connectivity index is 1.80. The molecule has 3 rings (SSSR count). The minimum absolute atomic E-state index is 0.115. The number of carbonyl (C=O) groups is 1. The van der Waals surface area contributed by atoms with Crippen LogP contribution in [0.2, 0.25) is 0 Å². The molecule has 0 saturated heterocycles. The number of ketones is 1. The molecule has 0 bridgehead atoms. The van der Waals surface area contributed by atoms with Crippen molar-refractivity contribution in [2.75, 3.05) is 11.5 Å². The topological polar surface area (TPSA) is 144 Å². The number of nitrogens with two attached hydrogens (primary N) is 1. The number of nitrogens with zero attached hydrogens (tertiary/aromatic N) is 6. The third-order valence-electron chi connectivity index (χ3n) is 3.71. The number of carbonyl (C=O) groups excluding carboxylic acids is 1. The molecule has 3 aromatic heterocycles. The van der Waals surface area contributed by atoms with Crippen LogP contribution in [0.25, 0.3) is 0 Å². The molecule has 12 heteroatoms. The van der Waals surface area contributed by atoms with Crippen molar-refractivity contribution in [3.8, 4) is 0 Å². The second-order valence-corrected chi connectivity index (χ2v) is 6.32. The quantitative estimate of drug-likeness (QED) is 0.434. The molecule has 0 atom stereocenters. The molecule has 0 fully saturated rings. The van der Waals surface area contributed by atoms with E-state index in [-0.39, 0.29) is 17.1 Å². The second kappa shape index (κ2) is 7.00. The Hall–Kier alpha value is -3.15. The molecule has 2 N–H and O–H groups in total. The van der Waals surface area contributed by atoms with E-state index in [0.717, 1.165) is 20.9 Å². The Labute approximate surface area is 150 Å². The maximum Gasteiger partial charge on any atom is 0.332 e. The number of aromatic nitrogens is 6. The predicted molar refractivity (Wildman–Crippen MR) is 92.0 cm³/mol. The van der Waals surface area contributed by atoms with Gasteiger partial charge in [-0.1, -0.05) is 11.8 Å². The standard InChI is InChI=1S/C14H15N7O4S/c1-19-11(15)10(12(23)20(2)14(19)24)9(22)7-26-13-16-17-18-21(13)6-8-4-3-5-25-8/h3-5H,6-7,15H2,1-2H3. The Bertz CT molecular complexity index is 1060. The maximum atomic E-state index is 12.5. The van der Waals surface area contributed by atoms with Gasteiger partial charge in [0, 0.05) is 14.1 Å². The zero-order valence-corrected chi connectivity index (χ0v) is 14.8. The summed E-state index contributed by atoms with van der Waals surface area (Å²) in [4.78, 5) is 36.5. The van der Waals surface area contributed by atoms with E-state index in [1.54, 1.807) is 12.1 Å². The molecular formula is C14H15N7O4S. The van der Waals surface area contributed by atoms with Gasteiger partial charge in [-0.2, -0.15) is 0 Å². The zero-order valence-electron chi connectivity index (χ0n) is 13.9. The van der Waals surface area contributed by atoms with Gasteiger partial charge in [-0.25, -0.2) is 9.48 Å². The number of thioether (sulfide) groups is 1. The highest BCUT2D eigenvalue weighted by atomic mass is 32.2. The summed E-state index contributed by atoms with van der Waals surface area (Å²) < 4.78 is 8.61. The van der Waals surface area contributed by atoms with Crippen LogP contribution < -0.4 is 17.0 Å². The van der Waals surface area contributed by atoms with E-state index in [0.29, 0.717) is 17.5 Å². The Kier molecular flexibility index (Phi) is 4.75. The summed E-state index contributed by atoms with van der Waals surface area (Å²) in [6.07, 6.45) is 1.54. The van der Waals surface area contributed by atoms with E-state index in [4.69, 9.17) is 10.2 Å². The number of furan rings is 1. The number of hydrogen-bond donors (Lipinski definition) is 1. The van der Waals surface area contributed by atoms with Gasteiger partial charge in [-0.15, -0.1) is 5.10 Å². The number of hydrogen-bond acceptors (Lipinski definition) is 9. The summed E-state index contributed by atoms with van der Waals surface area (Å²) in [5, 5.41) is 11.7. The van der Waals surface area contributed by atoms with Gasteiger partial charge in [0.1, 0.15) is 23.7 Å². The molecule has 0 aliphatic heterocycles. The molecule has 136 valence electrons. The van der Waals surface area contributed by atoms with Gasteiger partial charge in [0.2, 0.25) is 5.16 Å². The van der Waals surface area contributed by atoms with Crippen LogP contribution in [-0.2, 0) is 20.6 Å². The monoisotopic (exact) mass is 377 g/mol. The summed E-state index contributed by atoms with van der Waals surface area (Å²) in [5.41, 5.74) is 4.23. The van der Waals surface area contributed by atoms with Gasteiger partial charge >= 0.3 is 5.69 Å². The SMILES string of the molecule is Cn1c(N)c(C(=O)CSc2nnnn2Cc2ccco2)c(=O)n(C)c1=O. The van der Waals surface area contributed by atoms with Crippen molar-refractivity contribution in [1.29, 1.82) is 0 Å². The average Bonchev–Trinajstić information content (AvgIpc) is 3.29. The Morgan fingerprint density at radius 1 is 1.31 bits per heavy atom. The fourth-order valence-electron chi connectivity index (χ4n) is 2.27. The van der Waals surface area contributed by atoms with Gasteiger partial charge in [-0.3, -0.25) is 18.7 Å². The highest BCUT2D eigenvalue weighted by Gasteiger charge is 2.21. The van der Waals surface area contributed by atoms with Crippen LogP contribution in [0.15, 0.2) is 37.6 Å². The van der Waals surface area contributed by atoms with Crippen LogP contribution in [0.3, 0.4) is 0 Å². The van der Waals surface area contributed by atoms with Crippen LogP contribution in [0.1, 0.15) is 16.1 Å². The van der Waals surface area contributed by atoms with E-state index in [2.05, 4.69) is 15.5 Å². The van der Waals surface area contributed by atoms with Crippen LogP contribution in [0.5, 0.6) is 0 Å². The molecule has 0 radical (unpaired) electrons. The molecule has 11 nitrogen and oxygen atoms in total. The van der Waals surface area contributed by atoms with Crippen LogP contribution in [-0.4, -0.2) is 40.9 Å². The molecule has 3 aromatic rings. The van der Waals surface area contributed by atoms with Gasteiger partial charge < -0.3 is 10.2 Å². The number of nitrogen functional groups attached to an aromatic ring is 1. The fraction of sp³-hybridized carbons (Fsp3) is 0.286. The van der Waals surface area contributed by atoms with E-state index < -0.39 is 17.0 Å². The third-order valence-corrected chi connectivity index (χ3v) is 4.66. The number of rotatable bonds is 6. The van der Waals surface area contributed by atoms with Crippen LogP contribution in [0, 0.1) is 0 Å². The maximum absolute atomic E-state index is 12.5. The molecular weight excluding hydrogens is 362 g/mol. The molecule has 0 amide bonds. The first-order chi connectivity index (χ1) is 12.4. The molecule has 0 aliphatic carbocycles. The van der Waals surface area contributed by atoms with Crippen molar-refractivity contribution >= 4 is 23.4 Å². The van der Waals surface area contributed by atoms with Crippen molar-refractivity contribution in [3.05, 3.63) is 50.6 Å². The molecule has 0 spiro atoms. The van der Waals surface area contributed by atoms with Crippen molar-refractivity contribution in [3.63, 3.8) is 0 Å². The molecule has 26 heavy (non-hydrogen) atoms. The summed E-state index contributed by atoms with van der Waals surface area (Å²) in [5.74, 6) is -0.146. The van der Waals surface area contributed by atoms with Crippen LogP contribution in [0.4, 0.5) is 5.82 Å². The first kappa shape index (κ1) is 17.7. The van der Waals surface area contributed by atoms with Crippen molar-refractivity contribution in [1.82, 2.24) is 29.3 Å². The Morgan fingerprint density at radius 3 is 2.77 bits per heavy atom. The molecule has 0 aliphatic rings. The third kappa shape index (κ3) is 3.18. The van der Waals surface area contributed by atoms with E-state index >= 15 is 0 Å². The first-order valence-electron chi connectivity index (χ1n) is 7.40. The lowest BCUT2D eigenvalue weighted by Gasteiger charge is -2.10. The van der Waals surface area contributed by atoms with E-state index in [1.807, 2.05) is 0 Å². The van der Waals surface area contributed by atoms with Gasteiger partial charge in [0.05, 0.1) is 12.0 Å². The summed E-state index contributed by atoms with van der Waals surface area (Å²) >= 11 is 1.06. The number of tetrazole rings is 1. The molecule has 0 aromatic carbocycles. The normalized spacial score (nSPS) is 11.0. The molecule has 3 heterocycles. The molecule has 0 saturated carbocycles. The minimum atomic E-state index is -0.730. The highest BCUT2D eigenvalue weighted by Crippen LogP contribution is 2.17. The number of anilines is 1. The van der Waals surface area contributed by atoms with Crippen molar-refractivity contribution in [2.45, 2.75) is 11.7 Å². The highest BCUT2D eigenvalue weighted by molar-refractivity contribution is 7.99. The van der Waals surface area contributed by atoms with E-state index in [9.17, 15) is 14.4 Å². The van der Waals surface area contributed by atoms with Gasteiger partial charge in [-0.05, 0) is 22.6 Å². The summed E-state index contributed by atoms with van der Waals surface area (Å²) in [7, 11) is 2.68.